The topological polar surface area (TPSA) is 97.1 Å². The van der Waals surface area contributed by atoms with Gasteiger partial charge in [0.25, 0.3) is 5.69 Å². The number of cyclic esters (lactones) is 1. The van der Waals surface area contributed by atoms with Crippen LogP contribution in [0.1, 0.15) is 30.3 Å². The fourth-order valence-corrected chi connectivity index (χ4v) is 4.07. The third-order valence-corrected chi connectivity index (χ3v) is 5.89. The monoisotopic (exact) mass is 456 g/mol. The number of carbonyl (C=O) groups excluding carboxylic acids is 3. The van der Waals surface area contributed by atoms with Crippen LogP contribution in [0.5, 0.6) is 0 Å². The Morgan fingerprint density at radius 3 is 2.61 bits per heavy atom. The van der Waals surface area contributed by atoms with Crippen molar-refractivity contribution in [1.82, 2.24) is 4.90 Å². The maximum atomic E-state index is 14.9. The van der Waals surface area contributed by atoms with Gasteiger partial charge in [-0.2, -0.15) is 4.73 Å². The first-order valence-electron chi connectivity index (χ1n) is 10.8. The van der Waals surface area contributed by atoms with Crippen molar-refractivity contribution in [3.8, 4) is 0 Å². The lowest BCUT2D eigenvalue weighted by molar-refractivity contribution is -0.608. The number of halogens is 1. The first kappa shape index (κ1) is 22.5. The molecule has 0 aliphatic carbocycles. The minimum atomic E-state index is -0.556. The zero-order chi connectivity index (χ0) is 23.5. The molecular formula is C23H25FN4O5. The van der Waals surface area contributed by atoms with Crippen LogP contribution in [0.3, 0.4) is 0 Å². The molecule has 1 atom stereocenters. The number of piperazine rings is 1. The highest BCUT2D eigenvalue weighted by molar-refractivity contribution is 5.91. The quantitative estimate of drug-likeness (QED) is 0.488. The number of hydrogen-bond donors (Lipinski definition) is 0. The number of ketones is 1. The van der Waals surface area contributed by atoms with E-state index in [9.17, 15) is 24.0 Å². The Morgan fingerprint density at radius 2 is 1.94 bits per heavy atom. The molecule has 2 saturated heterocycles. The maximum absolute atomic E-state index is 14.9. The average molecular weight is 456 g/mol. The Bertz CT molecular complexity index is 1070. The highest BCUT2D eigenvalue weighted by Gasteiger charge is 2.33. The van der Waals surface area contributed by atoms with E-state index < -0.39 is 18.0 Å². The molecule has 1 aromatic carbocycles. The summed E-state index contributed by atoms with van der Waals surface area (Å²) in [6.07, 6.45) is 1.09. The molecule has 0 radical (unpaired) electrons. The van der Waals surface area contributed by atoms with Crippen molar-refractivity contribution < 1.29 is 28.2 Å². The number of hydrogen-bond acceptors (Lipinski definition) is 6. The molecule has 4 rings (SSSR count). The molecule has 2 amide bonds. The third kappa shape index (κ3) is 4.89. The van der Waals surface area contributed by atoms with Crippen LogP contribution in [0.25, 0.3) is 0 Å². The van der Waals surface area contributed by atoms with Crippen LogP contribution in [-0.2, 0) is 9.53 Å². The molecule has 2 aromatic rings. The van der Waals surface area contributed by atoms with Gasteiger partial charge >= 0.3 is 12.0 Å². The van der Waals surface area contributed by atoms with Gasteiger partial charge in [0.05, 0.1) is 17.9 Å². The van der Waals surface area contributed by atoms with Gasteiger partial charge in [-0.1, -0.05) is 0 Å². The summed E-state index contributed by atoms with van der Waals surface area (Å²) in [5, 5.41) is 11.8. The van der Waals surface area contributed by atoms with Crippen LogP contribution in [0.15, 0.2) is 42.6 Å². The molecule has 1 aromatic heterocycles. The van der Waals surface area contributed by atoms with Crippen LogP contribution in [0.2, 0.25) is 0 Å². The average Bonchev–Trinajstić information content (AvgIpc) is 3.18. The number of aromatic nitrogens is 1. The fourth-order valence-electron chi connectivity index (χ4n) is 4.07. The lowest BCUT2D eigenvalue weighted by Gasteiger charge is -2.35. The van der Waals surface area contributed by atoms with Gasteiger partial charge in [-0.15, -0.1) is 0 Å². The number of rotatable bonds is 6. The molecule has 3 heterocycles. The molecule has 174 valence electrons. The van der Waals surface area contributed by atoms with Gasteiger partial charge in [-0.25, -0.2) is 9.18 Å². The molecule has 2 aliphatic rings. The number of anilines is 2. The summed E-state index contributed by atoms with van der Waals surface area (Å²) in [6, 6.07) is 9.24. The van der Waals surface area contributed by atoms with E-state index in [0.717, 1.165) is 0 Å². The zero-order valence-corrected chi connectivity index (χ0v) is 18.3. The molecular weight excluding hydrogens is 431 g/mol. The second kappa shape index (κ2) is 9.43. The van der Waals surface area contributed by atoms with Gasteiger partial charge < -0.3 is 24.5 Å². The van der Waals surface area contributed by atoms with Crippen LogP contribution in [0.4, 0.5) is 20.6 Å². The molecule has 2 fully saturated rings. The van der Waals surface area contributed by atoms with Gasteiger partial charge in [-0.3, -0.25) is 9.69 Å². The number of pyridine rings is 1. The number of nitrogens with zero attached hydrogens (tertiary/aromatic N) is 4. The lowest BCUT2D eigenvalue weighted by Crippen LogP contribution is -2.51. The van der Waals surface area contributed by atoms with Crippen LogP contribution >= 0.6 is 0 Å². The van der Waals surface area contributed by atoms with Gasteiger partial charge in [0.15, 0.2) is 6.20 Å². The molecule has 0 bridgehead atoms. The van der Waals surface area contributed by atoms with Crippen molar-refractivity contribution in [2.75, 3.05) is 42.5 Å². The second-order valence-corrected chi connectivity index (χ2v) is 8.18. The number of benzene rings is 1. The Hall–Kier alpha value is -3.69. The first-order valence-corrected chi connectivity index (χ1v) is 10.8. The standard InChI is InChI=1S/C23H25FN4O5/c1-16(29)5-7-18-15-27(23(31)33-18)17-6-8-20(19(24)14-17)25-10-12-26(13-11-25)22(30)21-4-2-3-9-28(21)32/h2-4,6,8-9,14,18H,5,7,10-13,15H2,1H3/t18-/m0/s1. The summed E-state index contributed by atoms with van der Waals surface area (Å²) in [6.45, 7) is 3.28. The summed E-state index contributed by atoms with van der Waals surface area (Å²) in [7, 11) is 0. The molecule has 0 unspecified atom stereocenters. The molecule has 0 N–H and O–H groups in total. The van der Waals surface area contributed by atoms with Crippen molar-refractivity contribution >= 4 is 29.2 Å². The van der Waals surface area contributed by atoms with Crippen molar-refractivity contribution in [1.29, 1.82) is 0 Å². The molecule has 9 nitrogen and oxygen atoms in total. The van der Waals surface area contributed by atoms with Crippen LogP contribution in [-0.4, -0.2) is 61.5 Å². The van der Waals surface area contributed by atoms with E-state index in [0.29, 0.717) is 55.1 Å². The number of ether oxygens (including phenoxy) is 1. The second-order valence-electron chi connectivity index (χ2n) is 8.18. The van der Waals surface area contributed by atoms with Gasteiger partial charge in [-0.05, 0) is 37.6 Å². The SMILES string of the molecule is CC(=O)CC[C@H]1CN(c2ccc(N3CCN(C(=O)c4cccc[n+]4[O-])CC3)c(F)c2)C(=O)O1. The number of amides is 2. The Balaban J connectivity index is 1.38. The maximum Gasteiger partial charge on any atom is 0.414 e. The Labute approximate surface area is 190 Å². The third-order valence-electron chi connectivity index (χ3n) is 5.89. The van der Waals surface area contributed by atoms with Crippen molar-refractivity contribution in [2.24, 2.45) is 0 Å². The summed E-state index contributed by atoms with van der Waals surface area (Å²) < 4.78 is 20.8. The molecule has 0 saturated carbocycles. The van der Waals surface area contributed by atoms with E-state index >= 15 is 0 Å². The fraction of sp³-hybridized carbons (Fsp3) is 0.391. The van der Waals surface area contributed by atoms with Crippen molar-refractivity contribution in [3.05, 3.63) is 59.3 Å². The van der Waals surface area contributed by atoms with E-state index in [4.69, 9.17) is 4.74 Å². The summed E-state index contributed by atoms with van der Waals surface area (Å²) in [5.74, 6) is -0.807. The summed E-state index contributed by atoms with van der Waals surface area (Å²) in [5.41, 5.74) is 0.829. The Morgan fingerprint density at radius 1 is 1.18 bits per heavy atom. The van der Waals surface area contributed by atoms with E-state index in [1.807, 2.05) is 4.90 Å². The lowest BCUT2D eigenvalue weighted by atomic mass is 10.1. The predicted octanol–water partition coefficient (Wildman–Crippen LogP) is 2.12. The zero-order valence-electron chi connectivity index (χ0n) is 18.3. The van der Waals surface area contributed by atoms with E-state index in [-0.39, 0.29) is 23.9 Å². The number of Topliss-reactive ketones (excluding diaryl/α,β-unsaturated/α-hetero) is 1. The molecule has 10 heteroatoms. The van der Waals surface area contributed by atoms with E-state index in [2.05, 4.69) is 0 Å². The Kier molecular flexibility index (Phi) is 6.43. The van der Waals surface area contributed by atoms with Gasteiger partial charge in [0.2, 0.25) is 0 Å². The first-order chi connectivity index (χ1) is 15.8. The van der Waals surface area contributed by atoms with E-state index in [1.165, 1.54) is 30.2 Å². The summed E-state index contributed by atoms with van der Waals surface area (Å²) in [4.78, 5) is 40.7. The summed E-state index contributed by atoms with van der Waals surface area (Å²) >= 11 is 0. The minimum Gasteiger partial charge on any atom is -0.618 e. The van der Waals surface area contributed by atoms with Gasteiger partial charge in [0, 0.05) is 44.7 Å². The smallest absolute Gasteiger partial charge is 0.414 e. The van der Waals surface area contributed by atoms with Crippen molar-refractivity contribution in [2.45, 2.75) is 25.9 Å². The van der Waals surface area contributed by atoms with E-state index in [1.54, 1.807) is 29.2 Å². The van der Waals surface area contributed by atoms with Crippen LogP contribution < -0.4 is 14.5 Å². The van der Waals surface area contributed by atoms with Crippen LogP contribution in [0, 0.1) is 11.0 Å². The normalized spacial score (nSPS) is 18.4. The van der Waals surface area contributed by atoms with Crippen molar-refractivity contribution in [3.63, 3.8) is 0 Å². The largest absolute Gasteiger partial charge is 0.618 e. The molecule has 2 aliphatic heterocycles. The molecule has 33 heavy (non-hydrogen) atoms. The highest BCUT2D eigenvalue weighted by Crippen LogP contribution is 2.29. The highest BCUT2D eigenvalue weighted by atomic mass is 19.1. The number of carbonyl (C=O) groups is 3. The molecule has 0 spiro atoms. The van der Waals surface area contributed by atoms with Gasteiger partial charge in [0.1, 0.15) is 17.7 Å². The minimum absolute atomic E-state index is 0.0256. The predicted molar refractivity (Wildman–Crippen MR) is 117 cm³/mol.